The molecule has 0 amide bonds. The van der Waals surface area contributed by atoms with Crippen molar-refractivity contribution in [3.8, 4) is 17.3 Å². The van der Waals surface area contributed by atoms with Crippen LogP contribution in [0.5, 0.6) is 0 Å². The van der Waals surface area contributed by atoms with E-state index in [4.69, 9.17) is 10.2 Å². The van der Waals surface area contributed by atoms with E-state index in [1.165, 1.54) is 6.07 Å². The molecule has 1 fully saturated rings. The van der Waals surface area contributed by atoms with Gasteiger partial charge in [-0.3, -0.25) is 9.88 Å². The highest BCUT2D eigenvalue weighted by molar-refractivity contribution is 5.63. The fourth-order valence-electron chi connectivity index (χ4n) is 3.54. The Kier molecular flexibility index (Phi) is 5.73. The van der Waals surface area contributed by atoms with Crippen LogP contribution in [0.2, 0.25) is 0 Å². The summed E-state index contributed by atoms with van der Waals surface area (Å²) in [5.41, 5.74) is 3.34. The van der Waals surface area contributed by atoms with Crippen LogP contribution in [-0.2, 0) is 13.0 Å². The first kappa shape index (κ1) is 19.0. The van der Waals surface area contributed by atoms with Crippen molar-refractivity contribution in [3.63, 3.8) is 0 Å². The molecule has 1 aromatic carbocycles. The lowest BCUT2D eigenvalue weighted by Gasteiger charge is -2.34. The maximum absolute atomic E-state index is 13.4. The molecule has 0 bridgehead atoms. The molecule has 6 nitrogen and oxygen atoms in total. The molecule has 3 aromatic rings. The molecule has 2 aromatic heterocycles. The van der Waals surface area contributed by atoms with Crippen LogP contribution in [0.1, 0.15) is 11.3 Å². The second-order valence-electron chi connectivity index (χ2n) is 6.97. The van der Waals surface area contributed by atoms with E-state index in [1.807, 2.05) is 24.3 Å². The second-order valence-corrected chi connectivity index (χ2v) is 6.97. The largest absolute Gasteiger partial charge is 0.338 e. The van der Waals surface area contributed by atoms with E-state index < -0.39 is 0 Å². The summed E-state index contributed by atoms with van der Waals surface area (Å²) in [6.45, 7) is 4.06. The van der Waals surface area contributed by atoms with E-state index >= 15 is 0 Å². The minimum atomic E-state index is -0.197. The van der Waals surface area contributed by atoms with Crippen LogP contribution in [0.15, 0.2) is 54.9 Å². The molecule has 29 heavy (non-hydrogen) atoms. The van der Waals surface area contributed by atoms with Crippen molar-refractivity contribution in [2.45, 2.75) is 13.0 Å². The first-order valence-electron chi connectivity index (χ1n) is 9.59. The molecule has 0 unspecified atom stereocenters. The monoisotopic (exact) mass is 388 g/mol. The van der Waals surface area contributed by atoms with Gasteiger partial charge < -0.3 is 4.90 Å². The molecule has 146 valence electrons. The zero-order chi connectivity index (χ0) is 20.1. The third-order valence-electron chi connectivity index (χ3n) is 5.01. The Morgan fingerprint density at radius 3 is 2.66 bits per heavy atom. The van der Waals surface area contributed by atoms with Crippen molar-refractivity contribution in [2.24, 2.45) is 0 Å². The van der Waals surface area contributed by atoms with Gasteiger partial charge in [0.25, 0.3) is 0 Å². The zero-order valence-electron chi connectivity index (χ0n) is 16.0. The number of pyridine rings is 1. The van der Waals surface area contributed by atoms with Gasteiger partial charge in [0.1, 0.15) is 5.82 Å². The molecule has 1 aliphatic heterocycles. The minimum Gasteiger partial charge on any atom is -0.338 e. The molecule has 0 atom stereocenters. The Labute approximate surface area is 169 Å². The van der Waals surface area contributed by atoms with Crippen molar-refractivity contribution in [1.29, 1.82) is 5.26 Å². The molecular weight excluding hydrogens is 367 g/mol. The number of piperazine rings is 1. The lowest BCUT2D eigenvalue weighted by Crippen LogP contribution is -2.46. The van der Waals surface area contributed by atoms with Gasteiger partial charge in [-0.15, -0.1) is 0 Å². The molecule has 1 aliphatic rings. The Bertz CT molecular complexity index is 1020. The highest BCUT2D eigenvalue weighted by Crippen LogP contribution is 2.23. The third-order valence-corrected chi connectivity index (χ3v) is 5.01. The SMILES string of the molecule is N#CCc1ncccc1-c1ccnc(N2CCN(Cc3cccc(F)c3)CC2)n1. The maximum atomic E-state index is 13.4. The average molecular weight is 388 g/mol. The molecule has 3 heterocycles. The molecule has 0 saturated carbocycles. The van der Waals surface area contributed by atoms with Crippen LogP contribution >= 0.6 is 0 Å². The van der Waals surface area contributed by atoms with Crippen LogP contribution in [0.4, 0.5) is 10.3 Å². The van der Waals surface area contributed by atoms with Crippen molar-refractivity contribution in [2.75, 3.05) is 31.1 Å². The van der Waals surface area contributed by atoms with E-state index in [1.54, 1.807) is 24.5 Å². The highest BCUT2D eigenvalue weighted by Gasteiger charge is 2.20. The van der Waals surface area contributed by atoms with Gasteiger partial charge in [0.15, 0.2) is 0 Å². The summed E-state index contributed by atoms with van der Waals surface area (Å²) in [7, 11) is 0. The summed E-state index contributed by atoms with van der Waals surface area (Å²) < 4.78 is 13.4. The standard InChI is InChI=1S/C22H21FN6/c23-18-4-1-3-17(15-18)16-28-11-13-29(14-12-28)22-26-10-7-21(27-22)19-5-2-9-25-20(19)6-8-24/h1-5,7,9-10,15H,6,11-14,16H2. The first-order chi connectivity index (χ1) is 14.2. The van der Waals surface area contributed by atoms with Crippen LogP contribution in [-0.4, -0.2) is 46.0 Å². The van der Waals surface area contributed by atoms with Gasteiger partial charge in [-0.1, -0.05) is 12.1 Å². The van der Waals surface area contributed by atoms with Crippen molar-refractivity contribution < 1.29 is 4.39 Å². The Morgan fingerprint density at radius 2 is 1.86 bits per heavy atom. The van der Waals surface area contributed by atoms with Crippen LogP contribution < -0.4 is 4.90 Å². The summed E-state index contributed by atoms with van der Waals surface area (Å²) in [5.74, 6) is 0.484. The van der Waals surface area contributed by atoms with Gasteiger partial charge in [-0.25, -0.2) is 14.4 Å². The normalized spacial score (nSPS) is 14.6. The molecule has 1 saturated heterocycles. The van der Waals surface area contributed by atoms with Crippen LogP contribution in [0.3, 0.4) is 0 Å². The number of halogens is 1. The van der Waals surface area contributed by atoms with Gasteiger partial charge in [0.2, 0.25) is 5.95 Å². The summed E-state index contributed by atoms with van der Waals surface area (Å²) in [5, 5.41) is 9.04. The Morgan fingerprint density at radius 1 is 1.00 bits per heavy atom. The van der Waals surface area contributed by atoms with Gasteiger partial charge in [0, 0.05) is 50.7 Å². The highest BCUT2D eigenvalue weighted by atomic mass is 19.1. The van der Waals surface area contributed by atoms with Gasteiger partial charge >= 0.3 is 0 Å². The van der Waals surface area contributed by atoms with Crippen LogP contribution in [0.25, 0.3) is 11.3 Å². The molecule has 0 N–H and O–H groups in total. The van der Waals surface area contributed by atoms with Crippen molar-refractivity contribution in [1.82, 2.24) is 19.9 Å². The number of nitriles is 1. The average Bonchev–Trinajstić information content (AvgIpc) is 2.75. The number of nitrogens with zero attached hydrogens (tertiary/aromatic N) is 6. The predicted molar refractivity (Wildman–Crippen MR) is 108 cm³/mol. The minimum absolute atomic E-state index is 0.197. The second kappa shape index (κ2) is 8.76. The van der Waals surface area contributed by atoms with Gasteiger partial charge in [-0.05, 0) is 35.9 Å². The van der Waals surface area contributed by atoms with E-state index in [2.05, 4.69) is 25.8 Å². The Hall–Kier alpha value is -3.37. The number of anilines is 1. The molecule has 0 aliphatic carbocycles. The number of hydrogen-bond acceptors (Lipinski definition) is 6. The summed E-state index contributed by atoms with van der Waals surface area (Å²) in [6.07, 6.45) is 3.68. The third kappa shape index (κ3) is 4.55. The molecule has 7 heteroatoms. The predicted octanol–water partition coefficient (Wildman–Crippen LogP) is 3.07. The molecular formula is C22H21FN6. The van der Waals surface area contributed by atoms with Gasteiger partial charge in [-0.2, -0.15) is 5.26 Å². The first-order valence-corrected chi connectivity index (χ1v) is 9.59. The van der Waals surface area contributed by atoms with Crippen molar-refractivity contribution >= 4 is 5.95 Å². The fourth-order valence-corrected chi connectivity index (χ4v) is 3.54. The molecule has 0 radical (unpaired) electrons. The summed E-state index contributed by atoms with van der Waals surface area (Å²) in [4.78, 5) is 18.0. The number of hydrogen-bond donors (Lipinski definition) is 0. The lowest BCUT2D eigenvalue weighted by atomic mass is 10.1. The fraction of sp³-hybridized carbons (Fsp3) is 0.273. The number of aromatic nitrogens is 3. The lowest BCUT2D eigenvalue weighted by molar-refractivity contribution is 0.248. The topological polar surface area (TPSA) is 68.9 Å². The van der Waals surface area contributed by atoms with E-state index in [0.717, 1.165) is 55.2 Å². The van der Waals surface area contributed by atoms with E-state index in [0.29, 0.717) is 5.95 Å². The zero-order valence-corrected chi connectivity index (χ0v) is 16.0. The smallest absolute Gasteiger partial charge is 0.225 e. The maximum Gasteiger partial charge on any atom is 0.225 e. The van der Waals surface area contributed by atoms with Crippen LogP contribution in [0, 0.1) is 17.1 Å². The van der Waals surface area contributed by atoms with Gasteiger partial charge in [0.05, 0.1) is 23.9 Å². The molecule has 0 spiro atoms. The number of benzene rings is 1. The summed E-state index contributed by atoms with van der Waals surface area (Å²) >= 11 is 0. The Balaban J connectivity index is 1.44. The number of rotatable bonds is 5. The molecule has 4 rings (SSSR count). The quantitative estimate of drug-likeness (QED) is 0.669. The van der Waals surface area contributed by atoms with E-state index in [-0.39, 0.29) is 12.2 Å². The summed E-state index contributed by atoms with van der Waals surface area (Å²) in [6, 6.07) is 14.5. The van der Waals surface area contributed by atoms with E-state index in [9.17, 15) is 4.39 Å². The van der Waals surface area contributed by atoms with Crippen molar-refractivity contribution in [3.05, 3.63) is 71.9 Å².